The van der Waals surface area contributed by atoms with Crippen LogP contribution in [0, 0.1) is 0 Å². The summed E-state index contributed by atoms with van der Waals surface area (Å²) in [6, 6.07) is 11.4. The summed E-state index contributed by atoms with van der Waals surface area (Å²) in [6.45, 7) is 3.13. The molecule has 0 aliphatic carbocycles. The molecule has 3 aromatic rings. The van der Waals surface area contributed by atoms with E-state index in [2.05, 4.69) is 4.57 Å². The highest BCUT2D eigenvalue weighted by Crippen LogP contribution is 2.30. The van der Waals surface area contributed by atoms with Crippen LogP contribution < -0.4 is 0 Å². The fourth-order valence-corrected chi connectivity index (χ4v) is 2.66. The maximum absolute atomic E-state index is 11.5. The Balaban J connectivity index is 2.44. The van der Waals surface area contributed by atoms with Crippen LogP contribution in [0.1, 0.15) is 34.6 Å². The smallest absolute Gasteiger partial charge is 0.159 e. The molecule has 3 heteroatoms. The van der Waals surface area contributed by atoms with Crippen molar-refractivity contribution in [2.75, 3.05) is 0 Å². The number of benzene rings is 2. The van der Waals surface area contributed by atoms with Gasteiger partial charge in [0.15, 0.2) is 11.6 Å². The number of carbonyl (C=O) groups is 2. The Hall–Kier alpha value is -2.42. The van der Waals surface area contributed by atoms with Crippen molar-refractivity contribution in [2.45, 2.75) is 13.8 Å². The number of hydrogen-bond acceptors (Lipinski definition) is 2. The number of Topliss-reactive ketones (excluding diaryl/α,β-unsaturated/α-hetero) is 2. The first kappa shape index (κ1) is 12.6. The van der Waals surface area contributed by atoms with Gasteiger partial charge in [0, 0.05) is 40.0 Å². The van der Waals surface area contributed by atoms with Gasteiger partial charge in [-0.05, 0) is 50.2 Å². The van der Waals surface area contributed by atoms with Crippen molar-refractivity contribution in [1.82, 2.24) is 4.57 Å². The summed E-state index contributed by atoms with van der Waals surface area (Å²) in [5.74, 6) is 0.0956. The molecule has 0 spiro atoms. The second kappa shape index (κ2) is 4.30. The number of carbonyl (C=O) groups excluding carboxylic acids is 2. The molecule has 2 aromatic carbocycles. The number of nitrogens with zero attached hydrogens (tertiary/aromatic N) is 1. The van der Waals surface area contributed by atoms with Crippen LogP contribution in [0.2, 0.25) is 0 Å². The minimum Gasteiger partial charge on any atom is -0.344 e. The molecule has 0 fully saturated rings. The lowest BCUT2D eigenvalue weighted by atomic mass is 10.0. The molecule has 20 heavy (non-hydrogen) atoms. The second-order valence-electron chi connectivity index (χ2n) is 5.14. The van der Waals surface area contributed by atoms with Gasteiger partial charge in [-0.2, -0.15) is 0 Å². The predicted octanol–water partition coefficient (Wildman–Crippen LogP) is 3.74. The maximum Gasteiger partial charge on any atom is 0.159 e. The monoisotopic (exact) mass is 265 g/mol. The maximum atomic E-state index is 11.5. The van der Waals surface area contributed by atoms with E-state index in [0.717, 1.165) is 21.8 Å². The van der Waals surface area contributed by atoms with Crippen LogP contribution >= 0.6 is 0 Å². The van der Waals surface area contributed by atoms with Crippen molar-refractivity contribution in [3.05, 3.63) is 47.5 Å². The van der Waals surface area contributed by atoms with E-state index in [1.807, 2.05) is 43.4 Å². The molecule has 0 aliphatic rings. The number of fused-ring (bicyclic) bond motifs is 3. The molecule has 0 N–H and O–H groups in total. The Morgan fingerprint density at radius 3 is 1.55 bits per heavy atom. The number of hydrogen-bond donors (Lipinski definition) is 0. The first-order valence-electron chi connectivity index (χ1n) is 6.53. The first-order valence-corrected chi connectivity index (χ1v) is 6.53. The molecule has 0 saturated heterocycles. The largest absolute Gasteiger partial charge is 0.344 e. The summed E-state index contributed by atoms with van der Waals surface area (Å²) >= 11 is 0. The van der Waals surface area contributed by atoms with Gasteiger partial charge < -0.3 is 4.57 Å². The minimum absolute atomic E-state index is 0.0478. The Kier molecular flexibility index (Phi) is 2.71. The van der Waals surface area contributed by atoms with E-state index in [-0.39, 0.29) is 11.6 Å². The van der Waals surface area contributed by atoms with E-state index in [1.165, 1.54) is 0 Å². The van der Waals surface area contributed by atoms with E-state index in [4.69, 9.17) is 0 Å². The fourth-order valence-electron chi connectivity index (χ4n) is 2.66. The van der Waals surface area contributed by atoms with Gasteiger partial charge in [0.25, 0.3) is 0 Å². The standard InChI is InChI=1S/C17H15NO2/c1-10(19)12-4-6-16-14(8-12)15-9-13(11(2)20)5-7-17(15)18(16)3/h4-9H,1-3H3. The molecule has 3 rings (SSSR count). The van der Waals surface area contributed by atoms with E-state index in [0.29, 0.717) is 11.1 Å². The topological polar surface area (TPSA) is 39.1 Å². The third-order valence-electron chi connectivity index (χ3n) is 3.82. The Morgan fingerprint density at radius 2 is 1.20 bits per heavy atom. The molecular formula is C17H15NO2. The van der Waals surface area contributed by atoms with E-state index < -0.39 is 0 Å². The van der Waals surface area contributed by atoms with Gasteiger partial charge in [0.2, 0.25) is 0 Å². The van der Waals surface area contributed by atoms with Crippen LogP contribution in [0.3, 0.4) is 0 Å². The van der Waals surface area contributed by atoms with Gasteiger partial charge in [-0.25, -0.2) is 0 Å². The lowest BCUT2D eigenvalue weighted by Gasteiger charge is -1.99. The molecule has 1 heterocycles. The normalized spacial score (nSPS) is 11.2. The Morgan fingerprint density at radius 1 is 0.800 bits per heavy atom. The zero-order chi connectivity index (χ0) is 14.4. The average Bonchev–Trinajstić information content (AvgIpc) is 2.71. The molecule has 1 aromatic heterocycles. The molecule has 0 radical (unpaired) electrons. The van der Waals surface area contributed by atoms with Crippen LogP contribution in [0.25, 0.3) is 21.8 Å². The number of aryl methyl sites for hydroxylation is 1. The molecule has 0 amide bonds. The summed E-state index contributed by atoms with van der Waals surface area (Å²) in [5, 5.41) is 2.02. The molecule has 0 aliphatic heterocycles. The minimum atomic E-state index is 0.0478. The number of aromatic nitrogens is 1. The van der Waals surface area contributed by atoms with Crippen molar-refractivity contribution >= 4 is 33.4 Å². The summed E-state index contributed by atoms with van der Waals surface area (Å²) in [6.07, 6.45) is 0. The summed E-state index contributed by atoms with van der Waals surface area (Å²) in [4.78, 5) is 23.1. The van der Waals surface area contributed by atoms with Crippen LogP contribution in [-0.4, -0.2) is 16.1 Å². The summed E-state index contributed by atoms with van der Waals surface area (Å²) in [5.41, 5.74) is 3.51. The summed E-state index contributed by atoms with van der Waals surface area (Å²) in [7, 11) is 1.99. The van der Waals surface area contributed by atoms with Gasteiger partial charge in [-0.15, -0.1) is 0 Å². The van der Waals surface area contributed by atoms with Crippen LogP contribution in [0.4, 0.5) is 0 Å². The van der Waals surface area contributed by atoms with Crippen LogP contribution in [0.15, 0.2) is 36.4 Å². The van der Waals surface area contributed by atoms with Gasteiger partial charge >= 0.3 is 0 Å². The lowest BCUT2D eigenvalue weighted by molar-refractivity contribution is 0.100. The third kappa shape index (κ3) is 1.74. The van der Waals surface area contributed by atoms with Gasteiger partial charge in [0.1, 0.15) is 0 Å². The van der Waals surface area contributed by atoms with Crippen LogP contribution in [0.5, 0.6) is 0 Å². The van der Waals surface area contributed by atoms with E-state index >= 15 is 0 Å². The molecular weight excluding hydrogens is 250 g/mol. The van der Waals surface area contributed by atoms with E-state index in [1.54, 1.807) is 13.8 Å². The quantitative estimate of drug-likeness (QED) is 0.662. The molecule has 100 valence electrons. The first-order chi connectivity index (χ1) is 9.49. The highest BCUT2D eigenvalue weighted by atomic mass is 16.1. The number of rotatable bonds is 2. The van der Waals surface area contributed by atoms with Crippen molar-refractivity contribution in [3.63, 3.8) is 0 Å². The van der Waals surface area contributed by atoms with Crippen molar-refractivity contribution < 1.29 is 9.59 Å². The Bertz CT molecular complexity index is 800. The zero-order valence-corrected chi connectivity index (χ0v) is 11.7. The number of ketones is 2. The molecule has 0 bridgehead atoms. The highest BCUT2D eigenvalue weighted by Gasteiger charge is 2.11. The molecule has 0 saturated carbocycles. The second-order valence-corrected chi connectivity index (χ2v) is 5.14. The molecule has 0 atom stereocenters. The van der Waals surface area contributed by atoms with Gasteiger partial charge in [0.05, 0.1) is 0 Å². The van der Waals surface area contributed by atoms with Crippen molar-refractivity contribution in [1.29, 1.82) is 0 Å². The molecule has 0 unspecified atom stereocenters. The molecule has 3 nitrogen and oxygen atoms in total. The Labute approximate surface area is 116 Å². The predicted molar refractivity (Wildman–Crippen MR) is 80.4 cm³/mol. The SMILES string of the molecule is CC(=O)c1ccc2c(c1)c1cc(C(C)=O)ccc1n2C. The van der Waals surface area contributed by atoms with Gasteiger partial charge in [-0.3, -0.25) is 9.59 Å². The fraction of sp³-hybridized carbons (Fsp3) is 0.176. The van der Waals surface area contributed by atoms with E-state index in [9.17, 15) is 9.59 Å². The van der Waals surface area contributed by atoms with Crippen molar-refractivity contribution in [3.8, 4) is 0 Å². The average molecular weight is 265 g/mol. The zero-order valence-electron chi connectivity index (χ0n) is 11.7. The van der Waals surface area contributed by atoms with Crippen LogP contribution in [-0.2, 0) is 7.05 Å². The lowest BCUT2D eigenvalue weighted by Crippen LogP contribution is -1.92. The van der Waals surface area contributed by atoms with Crippen molar-refractivity contribution in [2.24, 2.45) is 7.05 Å². The highest BCUT2D eigenvalue weighted by molar-refractivity contribution is 6.12. The summed E-state index contributed by atoms with van der Waals surface area (Å²) < 4.78 is 2.08. The van der Waals surface area contributed by atoms with Gasteiger partial charge in [-0.1, -0.05) is 0 Å². The third-order valence-corrected chi connectivity index (χ3v) is 3.82.